The molecule has 6 heteroatoms. The van der Waals surface area contributed by atoms with Crippen LogP contribution in [-0.4, -0.2) is 76.6 Å². The lowest BCUT2D eigenvalue weighted by Gasteiger charge is -2.38. The molecular weight excluding hydrogens is 328 g/mol. The lowest BCUT2D eigenvalue weighted by atomic mass is 9.92. The standard InChI is InChI=1S/C20H42N4O2/c1-5-18(6-2)19(24-12-15-26-16-13-24)17-23-20(21-7-3)22-11-9-8-10-14-25-4/h18-19H,5-17H2,1-4H3,(H2,21,22,23). The number of aliphatic imine (C=N–C) groups is 1. The highest BCUT2D eigenvalue weighted by atomic mass is 16.5. The van der Waals surface area contributed by atoms with E-state index in [1.54, 1.807) is 7.11 Å². The number of guanidine groups is 1. The van der Waals surface area contributed by atoms with Crippen LogP contribution in [0.1, 0.15) is 52.9 Å². The average Bonchev–Trinajstić information content (AvgIpc) is 2.68. The van der Waals surface area contributed by atoms with E-state index in [9.17, 15) is 0 Å². The Morgan fingerprint density at radius 3 is 2.42 bits per heavy atom. The molecule has 0 saturated carbocycles. The summed E-state index contributed by atoms with van der Waals surface area (Å²) in [5.41, 5.74) is 0. The first-order valence-electron chi connectivity index (χ1n) is 10.6. The largest absolute Gasteiger partial charge is 0.385 e. The SMILES string of the molecule is CCNC(=NCC(C(CC)CC)N1CCOCC1)NCCCCCOC. The van der Waals surface area contributed by atoms with Crippen LogP contribution in [0.3, 0.4) is 0 Å². The van der Waals surface area contributed by atoms with Crippen molar-refractivity contribution in [3.8, 4) is 0 Å². The molecule has 2 N–H and O–H groups in total. The predicted octanol–water partition coefficient (Wildman–Crippen LogP) is 2.50. The summed E-state index contributed by atoms with van der Waals surface area (Å²) in [6.07, 6.45) is 5.87. The van der Waals surface area contributed by atoms with E-state index in [0.29, 0.717) is 12.0 Å². The van der Waals surface area contributed by atoms with Crippen molar-refractivity contribution < 1.29 is 9.47 Å². The van der Waals surface area contributed by atoms with Crippen molar-refractivity contribution in [1.29, 1.82) is 0 Å². The Balaban J connectivity index is 2.56. The Labute approximate surface area is 161 Å². The van der Waals surface area contributed by atoms with Gasteiger partial charge in [0, 0.05) is 45.9 Å². The minimum absolute atomic E-state index is 0.506. The van der Waals surface area contributed by atoms with E-state index in [1.807, 2.05) is 0 Å². The number of ether oxygens (including phenoxy) is 2. The maximum atomic E-state index is 5.54. The van der Waals surface area contributed by atoms with Gasteiger partial charge < -0.3 is 20.1 Å². The third kappa shape index (κ3) is 9.19. The molecule has 0 aromatic rings. The van der Waals surface area contributed by atoms with E-state index in [4.69, 9.17) is 14.5 Å². The topological polar surface area (TPSA) is 58.1 Å². The molecule has 1 rings (SSSR count). The van der Waals surface area contributed by atoms with E-state index in [1.165, 1.54) is 19.3 Å². The summed E-state index contributed by atoms with van der Waals surface area (Å²) >= 11 is 0. The Morgan fingerprint density at radius 1 is 1.08 bits per heavy atom. The van der Waals surface area contributed by atoms with Crippen LogP contribution in [0.4, 0.5) is 0 Å². The van der Waals surface area contributed by atoms with Gasteiger partial charge in [0.05, 0.1) is 19.8 Å². The second-order valence-electron chi connectivity index (χ2n) is 6.99. The zero-order chi connectivity index (χ0) is 19.0. The Bertz CT molecular complexity index is 356. The van der Waals surface area contributed by atoms with Crippen LogP contribution >= 0.6 is 0 Å². The van der Waals surface area contributed by atoms with E-state index in [0.717, 1.165) is 71.3 Å². The molecule has 1 atom stereocenters. The average molecular weight is 371 g/mol. The fraction of sp³-hybridized carbons (Fsp3) is 0.950. The zero-order valence-corrected chi connectivity index (χ0v) is 17.6. The molecule has 1 aliphatic rings. The van der Waals surface area contributed by atoms with Gasteiger partial charge in [-0.3, -0.25) is 9.89 Å². The molecule has 0 amide bonds. The van der Waals surface area contributed by atoms with E-state index >= 15 is 0 Å². The van der Waals surface area contributed by atoms with Crippen molar-refractivity contribution in [3.63, 3.8) is 0 Å². The minimum atomic E-state index is 0.506. The van der Waals surface area contributed by atoms with Gasteiger partial charge >= 0.3 is 0 Å². The van der Waals surface area contributed by atoms with Crippen molar-refractivity contribution in [2.45, 2.75) is 58.9 Å². The second kappa shape index (κ2) is 15.2. The van der Waals surface area contributed by atoms with Crippen molar-refractivity contribution in [1.82, 2.24) is 15.5 Å². The molecule has 0 spiro atoms. The van der Waals surface area contributed by atoms with Crippen LogP contribution in [0, 0.1) is 5.92 Å². The molecule has 0 aromatic heterocycles. The molecule has 0 aliphatic carbocycles. The number of nitrogens with zero attached hydrogens (tertiary/aromatic N) is 2. The molecule has 1 heterocycles. The van der Waals surface area contributed by atoms with Crippen LogP contribution in [0.25, 0.3) is 0 Å². The van der Waals surface area contributed by atoms with Gasteiger partial charge in [-0.15, -0.1) is 0 Å². The third-order valence-corrected chi connectivity index (χ3v) is 5.21. The highest BCUT2D eigenvalue weighted by Crippen LogP contribution is 2.20. The van der Waals surface area contributed by atoms with Gasteiger partial charge in [0.15, 0.2) is 5.96 Å². The molecule has 6 nitrogen and oxygen atoms in total. The van der Waals surface area contributed by atoms with Gasteiger partial charge in [-0.05, 0) is 32.1 Å². The number of methoxy groups -OCH3 is 1. The van der Waals surface area contributed by atoms with E-state index in [-0.39, 0.29) is 0 Å². The maximum absolute atomic E-state index is 5.54. The van der Waals surface area contributed by atoms with Crippen LogP contribution in [0.5, 0.6) is 0 Å². The number of morpholine rings is 1. The molecule has 1 saturated heterocycles. The quantitative estimate of drug-likeness (QED) is 0.296. The molecule has 0 bridgehead atoms. The van der Waals surface area contributed by atoms with Crippen LogP contribution < -0.4 is 10.6 Å². The summed E-state index contributed by atoms with van der Waals surface area (Å²) in [5.74, 6) is 1.64. The van der Waals surface area contributed by atoms with Gasteiger partial charge in [0.1, 0.15) is 0 Å². The highest BCUT2D eigenvalue weighted by molar-refractivity contribution is 5.79. The van der Waals surface area contributed by atoms with E-state index < -0.39 is 0 Å². The lowest BCUT2D eigenvalue weighted by molar-refractivity contribution is 0.00395. The third-order valence-electron chi connectivity index (χ3n) is 5.21. The van der Waals surface area contributed by atoms with Crippen molar-refractivity contribution in [2.24, 2.45) is 10.9 Å². The fourth-order valence-electron chi connectivity index (χ4n) is 3.59. The number of unbranched alkanes of at least 4 members (excludes halogenated alkanes) is 2. The fourth-order valence-corrected chi connectivity index (χ4v) is 3.59. The lowest BCUT2D eigenvalue weighted by Crippen LogP contribution is -2.49. The van der Waals surface area contributed by atoms with Crippen LogP contribution in [0.15, 0.2) is 4.99 Å². The summed E-state index contributed by atoms with van der Waals surface area (Å²) in [6, 6.07) is 0.506. The number of hydrogen-bond acceptors (Lipinski definition) is 4. The van der Waals surface area contributed by atoms with E-state index in [2.05, 4.69) is 36.3 Å². The second-order valence-corrected chi connectivity index (χ2v) is 6.99. The number of nitrogens with one attached hydrogen (secondary N) is 2. The smallest absolute Gasteiger partial charge is 0.191 e. The van der Waals surface area contributed by atoms with Crippen molar-refractivity contribution >= 4 is 5.96 Å². The molecule has 0 radical (unpaired) electrons. The first-order valence-corrected chi connectivity index (χ1v) is 10.6. The normalized spacial score (nSPS) is 17.5. The molecule has 154 valence electrons. The Hall–Kier alpha value is -0.850. The van der Waals surface area contributed by atoms with Gasteiger partial charge in [0.25, 0.3) is 0 Å². The first kappa shape index (κ1) is 23.2. The van der Waals surface area contributed by atoms with Gasteiger partial charge in [-0.25, -0.2) is 0 Å². The summed E-state index contributed by atoms with van der Waals surface area (Å²) in [7, 11) is 1.76. The van der Waals surface area contributed by atoms with Crippen molar-refractivity contribution in [2.75, 3.05) is 59.7 Å². The molecule has 0 aromatic carbocycles. The Morgan fingerprint density at radius 2 is 1.81 bits per heavy atom. The van der Waals surface area contributed by atoms with Gasteiger partial charge in [-0.2, -0.15) is 0 Å². The highest BCUT2D eigenvalue weighted by Gasteiger charge is 2.26. The summed E-state index contributed by atoms with van der Waals surface area (Å²) in [4.78, 5) is 7.51. The summed E-state index contributed by atoms with van der Waals surface area (Å²) < 4.78 is 10.6. The Kier molecular flexibility index (Phi) is 13.6. The number of rotatable bonds is 13. The van der Waals surface area contributed by atoms with Gasteiger partial charge in [-0.1, -0.05) is 26.7 Å². The maximum Gasteiger partial charge on any atom is 0.191 e. The molecule has 26 heavy (non-hydrogen) atoms. The molecular formula is C20H42N4O2. The summed E-state index contributed by atoms with van der Waals surface area (Å²) in [5, 5.41) is 6.87. The molecule has 1 aliphatic heterocycles. The first-order chi connectivity index (χ1) is 12.8. The molecule has 1 unspecified atom stereocenters. The monoisotopic (exact) mass is 370 g/mol. The van der Waals surface area contributed by atoms with Gasteiger partial charge in [0.2, 0.25) is 0 Å². The zero-order valence-electron chi connectivity index (χ0n) is 17.6. The number of hydrogen-bond donors (Lipinski definition) is 2. The van der Waals surface area contributed by atoms with Crippen molar-refractivity contribution in [3.05, 3.63) is 0 Å². The minimum Gasteiger partial charge on any atom is -0.385 e. The van der Waals surface area contributed by atoms with Crippen LogP contribution in [0.2, 0.25) is 0 Å². The van der Waals surface area contributed by atoms with Crippen LogP contribution in [-0.2, 0) is 9.47 Å². The predicted molar refractivity (Wildman–Crippen MR) is 110 cm³/mol. The molecule has 1 fully saturated rings. The summed E-state index contributed by atoms with van der Waals surface area (Å²) in [6.45, 7) is 14.0.